The van der Waals surface area contributed by atoms with Gasteiger partial charge in [0.25, 0.3) is 0 Å². The second-order valence-corrected chi connectivity index (χ2v) is 4.38. The van der Waals surface area contributed by atoms with Crippen LogP contribution in [0.4, 0.5) is 0 Å². The summed E-state index contributed by atoms with van der Waals surface area (Å²) in [4.78, 5) is 0. The van der Waals surface area contributed by atoms with Crippen LogP contribution in [0.25, 0.3) is 0 Å². The van der Waals surface area contributed by atoms with Crippen molar-refractivity contribution in [3.63, 3.8) is 0 Å². The maximum Gasteiger partial charge on any atom is 0.0974 e. The van der Waals surface area contributed by atoms with Gasteiger partial charge in [0.15, 0.2) is 0 Å². The minimum atomic E-state index is -0.574. The molecule has 0 radical (unpaired) electrons. The number of nitriles is 1. The average Bonchev–Trinajstić information content (AvgIpc) is 2.31. The number of rotatable bonds is 0. The zero-order valence-corrected chi connectivity index (χ0v) is 9.86. The Kier molecular flexibility index (Phi) is 6.60. The molecule has 0 fully saturated rings. The van der Waals surface area contributed by atoms with Crippen molar-refractivity contribution < 1.29 is 5.11 Å². The van der Waals surface area contributed by atoms with Crippen molar-refractivity contribution in [2.45, 2.75) is 57.5 Å². The summed E-state index contributed by atoms with van der Waals surface area (Å²) in [7, 11) is 0. The van der Waals surface area contributed by atoms with E-state index in [2.05, 4.69) is 12.1 Å². The number of hydrogen-bond acceptors (Lipinski definition) is 2. The summed E-state index contributed by atoms with van der Waals surface area (Å²) < 4.78 is 0. The summed E-state index contributed by atoms with van der Waals surface area (Å²) >= 11 is 0. The first-order chi connectivity index (χ1) is 7.84. The lowest BCUT2D eigenvalue weighted by Gasteiger charge is -2.08. The van der Waals surface area contributed by atoms with Crippen molar-refractivity contribution in [2.75, 3.05) is 0 Å². The quantitative estimate of drug-likeness (QED) is 0.677. The number of nitrogens with zero attached hydrogens (tertiary/aromatic N) is 1. The van der Waals surface area contributed by atoms with Crippen LogP contribution in [0.2, 0.25) is 0 Å². The molecule has 1 atom stereocenters. The van der Waals surface area contributed by atoms with Gasteiger partial charge in [-0.2, -0.15) is 5.26 Å². The summed E-state index contributed by atoms with van der Waals surface area (Å²) in [5.41, 5.74) is 0.496. The number of hydrogen-bond donors (Lipinski definition) is 1. The lowest BCUT2D eigenvalue weighted by molar-refractivity contribution is 0.200. The molecule has 1 aliphatic rings. The fourth-order valence-corrected chi connectivity index (χ4v) is 1.95. The average molecular weight is 219 g/mol. The summed E-state index contributed by atoms with van der Waals surface area (Å²) in [5.74, 6) is 0. The molecule has 0 aromatic carbocycles. The van der Waals surface area contributed by atoms with Gasteiger partial charge in [0.05, 0.1) is 17.7 Å². The van der Waals surface area contributed by atoms with E-state index < -0.39 is 6.10 Å². The van der Waals surface area contributed by atoms with Crippen molar-refractivity contribution >= 4 is 0 Å². The van der Waals surface area contributed by atoms with Gasteiger partial charge in [0.2, 0.25) is 0 Å². The Labute approximate surface area is 98.3 Å². The Bertz CT molecular complexity index is 286. The van der Waals surface area contributed by atoms with Crippen LogP contribution in [0.15, 0.2) is 23.8 Å². The van der Waals surface area contributed by atoms with Gasteiger partial charge in [-0.3, -0.25) is 0 Å². The Morgan fingerprint density at radius 2 is 1.81 bits per heavy atom. The van der Waals surface area contributed by atoms with E-state index in [-0.39, 0.29) is 0 Å². The van der Waals surface area contributed by atoms with Gasteiger partial charge in [-0.15, -0.1) is 0 Å². The summed E-state index contributed by atoms with van der Waals surface area (Å²) in [6.07, 6.45) is 14.2. The molecule has 0 spiro atoms. The third kappa shape index (κ3) is 5.14. The fourth-order valence-electron chi connectivity index (χ4n) is 1.95. The molecule has 0 saturated heterocycles. The lowest BCUT2D eigenvalue weighted by atomic mass is 10.0. The minimum absolute atomic E-state index is 0.496. The zero-order valence-electron chi connectivity index (χ0n) is 9.86. The van der Waals surface area contributed by atoms with Crippen LogP contribution in [0, 0.1) is 11.3 Å². The highest BCUT2D eigenvalue weighted by atomic mass is 16.3. The molecule has 1 rings (SSSR count). The van der Waals surface area contributed by atoms with Crippen molar-refractivity contribution in [3.8, 4) is 6.07 Å². The number of aliphatic hydroxyl groups is 1. The maximum absolute atomic E-state index is 9.80. The lowest BCUT2D eigenvalue weighted by Crippen LogP contribution is -2.08. The number of allylic oxidation sites excluding steroid dienone is 3. The Morgan fingerprint density at radius 1 is 1.12 bits per heavy atom. The second-order valence-electron chi connectivity index (χ2n) is 4.38. The molecular weight excluding hydrogens is 198 g/mol. The largest absolute Gasteiger partial charge is 0.388 e. The fraction of sp³-hybridized carbons (Fsp3) is 0.643. The smallest absolute Gasteiger partial charge is 0.0974 e. The topological polar surface area (TPSA) is 44.0 Å². The van der Waals surface area contributed by atoms with Crippen LogP contribution in [0.3, 0.4) is 0 Å². The van der Waals surface area contributed by atoms with Gasteiger partial charge in [-0.1, -0.05) is 44.3 Å². The molecule has 0 heterocycles. The maximum atomic E-state index is 9.80. The van der Waals surface area contributed by atoms with Crippen molar-refractivity contribution in [3.05, 3.63) is 23.8 Å². The number of aliphatic hydroxyl groups excluding tert-OH is 1. The van der Waals surface area contributed by atoms with E-state index in [0.29, 0.717) is 12.0 Å². The van der Waals surface area contributed by atoms with Crippen LogP contribution in [0.1, 0.15) is 51.4 Å². The molecule has 1 aliphatic carbocycles. The molecule has 1 unspecified atom stereocenters. The van der Waals surface area contributed by atoms with Gasteiger partial charge < -0.3 is 5.11 Å². The zero-order chi connectivity index (χ0) is 11.6. The highest BCUT2D eigenvalue weighted by molar-refractivity contribution is 5.29. The van der Waals surface area contributed by atoms with Crippen LogP contribution < -0.4 is 0 Å². The first kappa shape index (κ1) is 13.0. The second kappa shape index (κ2) is 8.13. The molecule has 88 valence electrons. The van der Waals surface area contributed by atoms with E-state index in [9.17, 15) is 5.11 Å². The molecule has 1 N–H and O–H groups in total. The van der Waals surface area contributed by atoms with Crippen molar-refractivity contribution in [1.82, 2.24) is 0 Å². The van der Waals surface area contributed by atoms with Gasteiger partial charge in [0.1, 0.15) is 0 Å². The van der Waals surface area contributed by atoms with E-state index in [4.69, 9.17) is 5.26 Å². The first-order valence-corrected chi connectivity index (χ1v) is 6.29. The molecule has 2 nitrogen and oxygen atoms in total. The van der Waals surface area contributed by atoms with Crippen LogP contribution >= 0.6 is 0 Å². The molecule has 2 heteroatoms. The Hall–Kier alpha value is -1.07. The van der Waals surface area contributed by atoms with Crippen molar-refractivity contribution in [2.24, 2.45) is 0 Å². The molecule has 0 aromatic rings. The van der Waals surface area contributed by atoms with E-state index in [1.165, 1.54) is 32.1 Å². The predicted octanol–water partition coefficient (Wildman–Crippen LogP) is 3.49. The minimum Gasteiger partial charge on any atom is -0.388 e. The van der Waals surface area contributed by atoms with Gasteiger partial charge in [-0.05, 0) is 25.3 Å². The van der Waals surface area contributed by atoms with Crippen LogP contribution in [0.5, 0.6) is 0 Å². The standard InChI is InChI=1S/C14H21NO/c15-12-13-10-8-6-4-2-1-3-5-7-9-11-14(13)16/h6,8,10,14,16H,1-5,7,9,11H2/b8-6+,13-10-. The SMILES string of the molecule is N#C/C1=C/C=C/CCCCCCCCC1O. The molecule has 0 aromatic heterocycles. The Morgan fingerprint density at radius 3 is 2.56 bits per heavy atom. The van der Waals surface area contributed by atoms with Crippen LogP contribution in [-0.4, -0.2) is 11.2 Å². The third-order valence-corrected chi connectivity index (χ3v) is 3.00. The predicted molar refractivity (Wildman–Crippen MR) is 65.8 cm³/mol. The van der Waals surface area contributed by atoms with E-state index in [1.54, 1.807) is 6.08 Å². The van der Waals surface area contributed by atoms with Gasteiger partial charge in [-0.25, -0.2) is 0 Å². The molecule has 0 saturated carbocycles. The monoisotopic (exact) mass is 219 g/mol. The van der Waals surface area contributed by atoms with Crippen molar-refractivity contribution in [1.29, 1.82) is 5.26 Å². The van der Waals surface area contributed by atoms with E-state index in [1.807, 2.05) is 6.08 Å². The Balaban J connectivity index is 2.56. The van der Waals surface area contributed by atoms with E-state index >= 15 is 0 Å². The third-order valence-electron chi connectivity index (χ3n) is 3.00. The summed E-state index contributed by atoms with van der Waals surface area (Å²) in [6.45, 7) is 0. The highest BCUT2D eigenvalue weighted by Crippen LogP contribution is 2.14. The van der Waals surface area contributed by atoms with E-state index in [0.717, 1.165) is 12.8 Å². The molecule has 0 aliphatic heterocycles. The highest BCUT2D eigenvalue weighted by Gasteiger charge is 2.09. The summed E-state index contributed by atoms with van der Waals surface area (Å²) in [5, 5.41) is 18.7. The molecule has 16 heavy (non-hydrogen) atoms. The molecular formula is C14H21NO. The van der Waals surface area contributed by atoms with Gasteiger partial charge in [0, 0.05) is 0 Å². The van der Waals surface area contributed by atoms with Gasteiger partial charge >= 0.3 is 0 Å². The first-order valence-electron chi connectivity index (χ1n) is 6.29. The van der Waals surface area contributed by atoms with Crippen LogP contribution in [-0.2, 0) is 0 Å². The molecule has 0 amide bonds. The molecule has 0 bridgehead atoms. The normalized spacial score (nSPS) is 29.8. The summed E-state index contributed by atoms with van der Waals surface area (Å²) in [6, 6.07) is 2.08.